The van der Waals surface area contributed by atoms with Gasteiger partial charge in [-0.15, -0.1) is 0 Å². The molecule has 0 radical (unpaired) electrons. The van der Waals surface area contributed by atoms with E-state index in [0.29, 0.717) is 31.5 Å². The number of aliphatic hydroxyl groups excluding tert-OH is 1. The monoisotopic (exact) mass is 511 g/mol. The van der Waals surface area contributed by atoms with Crippen LogP contribution in [0.15, 0.2) is 54.6 Å². The molecule has 194 valence electrons. The number of ether oxygens (including phenoxy) is 1. The molecule has 2 heterocycles. The van der Waals surface area contributed by atoms with Crippen LogP contribution in [-0.2, 0) is 4.79 Å². The third-order valence-corrected chi connectivity index (χ3v) is 6.05. The molecule has 1 fully saturated rings. The summed E-state index contributed by atoms with van der Waals surface area (Å²) in [4.78, 5) is 26.5. The smallest absolute Gasteiger partial charge is 0.254 e. The molecule has 9 nitrogen and oxygen atoms in total. The third kappa shape index (κ3) is 5.78. The lowest BCUT2D eigenvalue weighted by atomic mass is 10.1. The highest BCUT2D eigenvalue weighted by Gasteiger charge is 2.29. The summed E-state index contributed by atoms with van der Waals surface area (Å²) in [5.74, 6) is -2.21. The molecular formula is C26H27F2N5O4. The summed E-state index contributed by atoms with van der Waals surface area (Å²) < 4.78 is 34.1. The average Bonchev–Trinajstić information content (AvgIpc) is 3.23. The van der Waals surface area contributed by atoms with Crippen molar-refractivity contribution in [1.82, 2.24) is 14.7 Å². The van der Waals surface area contributed by atoms with Gasteiger partial charge in [0.2, 0.25) is 5.91 Å². The van der Waals surface area contributed by atoms with Crippen molar-refractivity contribution in [2.45, 2.75) is 25.3 Å². The zero-order valence-electron chi connectivity index (χ0n) is 19.9. The summed E-state index contributed by atoms with van der Waals surface area (Å²) in [5.41, 5.74) is 12.8. The van der Waals surface area contributed by atoms with E-state index in [-0.39, 0.29) is 47.1 Å². The molecule has 37 heavy (non-hydrogen) atoms. The molecule has 0 spiro atoms. The number of hydrogen-bond donors (Lipinski definition) is 3. The molecule has 1 atom stereocenters. The van der Waals surface area contributed by atoms with Crippen LogP contribution in [0.2, 0.25) is 0 Å². The van der Waals surface area contributed by atoms with Crippen LogP contribution in [-0.4, -0.2) is 51.3 Å². The minimum atomic E-state index is -0.837. The van der Waals surface area contributed by atoms with Gasteiger partial charge in [-0.1, -0.05) is 6.08 Å². The van der Waals surface area contributed by atoms with Gasteiger partial charge in [-0.3, -0.25) is 9.59 Å². The Morgan fingerprint density at radius 2 is 1.95 bits per heavy atom. The van der Waals surface area contributed by atoms with Crippen molar-refractivity contribution in [1.29, 1.82) is 0 Å². The maximum absolute atomic E-state index is 13.9. The lowest BCUT2D eigenvalue weighted by Crippen LogP contribution is -2.40. The number of carbonyl (C=O) groups excluding carboxylic acids is 2. The molecule has 0 aliphatic carbocycles. The Balaban J connectivity index is 1.58. The van der Waals surface area contributed by atoms with Crippen LogP contribution in [0.25, 0.3) is 11.3 Å². The highest BCUT2D eigenvalue weighted by atomic mass is 19.1. The maximum Gasteiger partial charge on any atom is 0.254 e. The molecule has 2 aromatic carbocycles. The fourth-order valence-corrected chi connectivity index (χ4v) is 4.26. The normalized spacial score (nSPS) is 15.8. The number of aliphatic hydroxyl groups is 1. The number of benzene rings is 2. The number of hydrogen-bond acceptors (Lipinski definition) is 6. The van der Waals surface area contributed by atoms with Crippen molar-refractivity contribution >= 4 is 17.6 Å². The highest BCUT2D eigenvalue weighted by Crippen LogP contribution is 2.33. The molecule has 1 aromatic heterocycles. The predicted octanol–water partition coefficient (Wildman–Crippen LogP) is 3.40. The van der Waals surface area contributed by atoms with Gasteiger partial charge in [0, 0.05) is 31.3 Å². The van der Waals surface area contributed by atoms with Crippen molar-refractivity contribution in [2.75, 3.05) is 25.4 Å². The van der Waals surface area contributed by atoms with Crippen molar-refractivity contribution < 1.29 is 28.2 Å². The summed E-state index contributed by atoms with van der Waals surface area (Å²) in [6.07, 6.45) is 4.87. The third-order valence-electron chi connectivity index (χ3n) is 6.05. The van der Waals surface area contributed by atoms with Crippen molar-refractivity contribution in [3.8, 4) is 22.8 Å². The van der Waals surface area contributed by atoms with Gasteiger partial charge in [-0.05, 0) is 61.7 Å². The summed E-state index contributed by atoms with van der Waals surface area (Å²) in [6, 6.07) is 9.09. The first-order valence-electron chi connectivity index (χ1n) is 11.8. The van der Waals surface area contributed by atoms with Crippen molar-refractivity contribution in [2.24, 2.45) is 5.73 Å². The molecule has 1 aliphatic heterocycles. The minimum Gasteiger partial charge on any atom is -0.454 e. The van der Waals surface area contributed by atoms with E-state index in [1.807, 2.05) is 0 Å². The minimum absolute atomic E-state index is 0.0366. The van der Waals surface area contributed by atoms with E-state index in [4.69, 9.17) is 21.3 Å². The number of nitrogens with zero attached hydrogens (tertiary/aromatic N) is 3. The lowest BCUT2D eigenvalue weighted by molar-refractivity contribution is -0.127. The first kappa shape index (κ1) is 25.8. The van der Waals surface area contributed by atoms with Gasteiger partial charge in [-0.2, -0.15) is 5.10 Å². The van der Waals surface area contributed by atoms with E-state index in [1.165, 1.54) is 16.8 Å². The summed E-state index contributed by atoms with van der Waals surface area (Å²) >= 11 is 0. The van der Waals surface area contributed by atoms with Gasteiger partial charge in [0.1, 0.15) is 28.6 Å². The SMILES string of the molecule is NC(=O)c1c(-c2ccc(Oc3ccc(F)cc3F)cc2)nn(C2CCCN(C(=O)/C=C/CCO)C2)c1N. The number of primary amides is 1. The number of rotatable bonds is 8. The average molecular weight is 512 g/mol. The number of nitrogens with two attached hydrogens (primary N) is 2. The Kier molecular flexibility index (Phi) is 7.83. The topological polar surface area (TPSA) is 137 Å². The molecule has 3 aromatic rings. The van der Waals surface area contributed by atoms with Crippen molar-refractivity contribution in [3.05, 3.63) is 71.8 Å². The van der Waals surface area contributed by atoms with Gasteiger partial charge in [-0.25, -0.2) is 13.5 Å². The van der Waals surface area contributed by atoms with Gasteiger partial charge in [0.15, 0.2) is 11.6 Å². The molecule has 4 rings (SSSR count). The number of halogens is 2. The van der Waals surface area contributed by atoms with E-state index < -0.39 is 17.5 Å². The van der Waals surface area contributed by atoms with Crippen LogP contribution in [0.1, 0.15) is 35.7 Å². The van der Waals surface area contributed by atoms with E-state index in [0.717, 1.165) is 18.6 Å². The van der Waals surface area contributed by atoms with Crippen LogP contribution in [0, 0.1) is 11.6 Å². The zero-order chi connectivity index (χ0) is 26.5. The number of aromatic nitrogens is 2. The number of carbonyl (C=O) groups is 2. The van der Waals surface area contributed by atoms with Crippen LogP contribution in [0.5, 0.6) is 11.5 Å². The van der Waals surface area contributed by atoms with Crippen LogP contribution in [0.4, 0.5) is 14.6 Å². The molecule has 1 saturated heterocycles. The maximum atomic E-state index is 13.9. The van der Waals surface area contributed by atoms with Gasteiger partial charge in [0.25, 0.3) is 5.91 Å². The van der Waals surface area contributed by atoms with E-state index >= 15 is 0 Å². The van der Waals surface area contributed by atoms with Crippen LogP contribution < -0.4 is 16.2 Å². The molecule has 1 unspecified atom stereocenters. The molecule has 5 N–H and O–H groups in total. The number of anilines is 1. The first-order chi connectivity index (χ1) is 17.8. The Hall–Kier alpha value is -4.25. The van der Waals surface area contributed by atoms with Gasteiger partial charge >= 0.3 is 0 Å². The van der Waals surface area contributed by atoms with Gasteiger partial charge < -0.3 is 26.2 Å². The second kappa shape index (κ2) is 11.2. The number of piperidine rings is 1. The number of amides is 2. The Bertz CT molecular complexity index is 1320. The zero-order valence-corrected chi connectivity index (χ0v) is 19.9. The first-order valence-corrected chi connectivity index (χ1v) is 11.8. The van der Waals surface area contributed by atoms with Crippen LogP contribution in [0.3, 0.4) is 0 Å². The highest BCUT2D eigenvalue weighted by molar-refractivity contribution is 6.03. The van der Waals surface area contributed by atoms with Crippen molar-refractivity contribution in [3.63, 3.8) is 0 Å². The van der Waals surface area contributed by atoms with E-state index in [1.54, 1.807) is 35.2 Å². The van der Waals surface area contributed by atoms with Gasteiger partial charge in [0.05, 0.1) is 6.04 Å². The molecule has 2 amide bonds. The molecule has 1 aliphatic rings. The molecule has 0 saturated carbocycles. The largest absolute Gasteiger partial charge is 0.454 e. The standard InChI is InChI=1S/C26H27F2N5O4/c27-17-8-11-21(20(28)14-17)37-19-9-6-16(7-10-19)24-23(26(30)36)25(29)33(31-24)18-4-3-12-32(15-18)22(35)5-1-2-13-34/h1,5-11,14,18,34H,2-4,12-13,15,29H2,(H2,30,36)/b5-1+. The second-order valence-corrected chi connectivity index (χ2v) is 8.61. The molecule has 0 bridgehead atoms. The van der Waals surface area contributed by atoms with E-state index in [2.05, 4.69) is 5.10 Å². The summed E-state index contributed by atoms with van der Waals surface area (Å²) in [6.45, 7) is 0.887. The van der Waals surface area contributed by atoms with E-state index in [9.17, 15) is 18.4 Å². The number of nitrogen functional groups attached to an aromatic ring is 1. The Labute approximate surface area is 211 Å². The van der Waals surface area contributed by atoms with Crippen LogP contribution >= 0.6 is 0 Å². The quantitative estimate of drug-likeness (QED) is 0.397. The Morgan fingerprint density at radius 3 is 2.62 bits per heavy atom. The number of likely N-dealkylation sites (tertiary alicyclic amines) is 1. The second-order valence-electron chi connectivity index (χ2n) is 8.61. The predicted molar refractivity (Wildman–Crippen MR) is 133 cm³/mol. The molecule has 11 heteroatoms. The summed E-state index contributed by atoms with van der Waals surface area (Å²) in [7, 11) is 0. The molecular weight excluding hydrogens is 484 g/mol. The Morgan fingerprint density at radius 1 is 1.19 bits per heavy atom. The summed E-state index contributed by atoms with van der Waals surface area (Å²) in [5, 5.41) is 13.5. The fourth-order valence-electron chi connectivity index (χ4n) is 4.26. The fraction of sp³-hybridized carbons (Fsp3) is 0.269. The lowest BCUT2D eigenvalue weighted by Gasteiger charge is -2.32.